The average Bonchev–Trinajstić information content (AvgIpc) is 2.72. The molecule has 0 saturated heterocycles. The van der Waals surface area contributed by atoms with E-state index in [-0.39, 0.29) is 0 Å². The van der Waals surface area contributed by atoms with Gasteiger partial charge in [-0.25, -0.2) is 0 Å². The van der Waals surface area contributed by atoms with Crippen LogP contribution < -0.4 is 5.32 Å². The van der Waals surface area contributed by atoms with Crippen LogP contribution in [0.25, 0.3) is 0 Å². The number of rotatable bonds is 8. The minimum Gasteiger partial charge on any atom is -0.310 e. The van der Waals surface area contributed by atoms with E-state index in [1.165, 1.54) is 36.1 Å². The van der Waals surface area contributed by atoms with Gasteiger partial charge >= 0.3 is 0 Å². The zero-order valence-electron chi connectivity index (χ0n) is 11.8. The summed E-state index contributed by atoms with van der Waals surface area (Å²) >= 11 is 1.87. The number of hydrogen-bond donors (Lipinski definition) is 1. The Labute approximate surface area is 111 Å². The van der Waals surface area contributed by atoms with Gasteiger partial charge in [-0.3, -0.25) is 0 Å². The van der Waals surface area contributed by atoms with Crippen LogP contribution in [0.2, 0.25) is 0 Å². The van der Waals surface area contributed by atoms with Crippen molar-refractivity contribution in [3.8, 4) is 0 Å². The molecule has 0 radical (unpaired) electrons. The van der Waals surface area contributed by atoms with Crippen LogP contribution in [0.15, 0.2) is 11.4 Å². The third kappa shape index (κ3) is 4.11. The van der Waals surface area contributed by atoms with Gasteiger partial charge in [0.05, 0.1) is 0 Å². The van der Waals surface area contributed by atoms with Crippen molar-refractivity contribution in [1.82, 2.24) is 5.32 Å². The topological polar surface area (TPSA) is 12.0 Å². The van der Waals surface area contributed by atoms with Crippen molar-refractivity contribution in [2.75, 3.05) is 6.54 Å². The maximum atomic E-state index is 3.70. The summed E-state index contributed by atoms with van der Waals surface area (Å²) in [6.45, 7) is 10.1. The minimum atomic E-state index is 0.561. The molecule has 1 atom stereocenters. The second kappa shape index (κ2) is 7.88. The first-order valence-corrected chi connectivity index (χ1v) is 7.89. The lowest BCUT2D eigenvalue weighted by Crippen LogP contribution is -2.28. The normalized spacial score (nSPS) is 13.2. The smallest absolute Gasteiger partial charge is 0.0359 e. The van der Waals surface area contributed by atoms with E-state index in [9.17, 15) is 0 Å². The van der Waals surface area contributed by atoms with E-state index in [4.69, 9.17) is 0 Å². The van der Waals surface area contributed by atoms with Gasteiger partial charge < -0.3 is 5.32 Å². The van der Waals surface area contributed by atoms with E-state index in [0.29, 0.717) is 6.04 Å². The van der Waals surface area contributed by atoms with Crippen LogP contribution in [0, 0.1) is 12.8 Å². The van der Waals surface area contributed by atoms with Gasteiger partial charge in [-0.15, -0.1) is 11.3 Å². The molecule has 17 heavy (non-hydrogen) atoms. The second-order valence-corrected chi connectivity index (χ2v) is 5.93. The van der Waals surface area contributed by atoms with E-state index in [1.807, 2.05) is 11.3 Å². The van der Waals surface area contributed by atoms with Crippen molar-refractivity contribution in [2.45, 2.75) is 59.4 Å². The fourth-order valence-electron chi connectivity index (χ4n) is 2.69. The molecule has 0 aliphatic carbocycles. The largest absolute Gasteiger partial charge is 0.310 e. The van der Waals surface area contributed by atoms with Crippen LogP contribution in [0.3, 0.4) is 0 Å². The molecule has 1 N–H and O–H groups in total. The Hall–Kier alpha value is -0.340. The first-order chi connectivity index (χ1) is 8.24. The molecule has 0 fully saturated rings. The molecule has 1 aromatic heterocycles. The van der Waals surface area contributed by atoms with Crippen molar-refractivity contribution >= 4 is 11.3 Å². The molecule has 1 aromatic rings. The van der Waals surface area contributed by atoms with Gasteiger partial charge in [0.15, 0.2) is 0 Å². The molecule has 0 aromatic carbocycles. The zero-order valence-corrected chi connectivity index (χ0v) is 12.6. The zero-order chi connectivity index (χ0) is 12.7. The first-order valence-electron chi connectivity index (χ1n) is 7.01. The van der Waals surface area contributed by atoms with Crippen LogP contribution in [-0.4, -0.2) is 6.54 Å². The minimum absolute atomic E-state index is 0.561. The van der Waals surface area contributed by atoms with E-state index >= 15 is 0 Å². The van der Waals surface area contributed by atoms with E-state index < -0.39 is 0 Å². The molecule has 0 bridgehead atoms. The van der Waals surface area contributed by atoms with Crippen LogP contribution in [-0.2, 0) is 0 Å². The summed E-state index contributed by atoms with van der Waals surface area (Å²) in [5, 5.41) is 5.93. The lowest BCUT2D eigenvalue weighted by atomic mass is 9.86. The second-order valence-electron chi connectivity index (χ2n) is 4.80. The van der Waals surface area contributed by atoms with E-state index in [1.54, 1.807) is 0 Å². The Balaban J connectivity index is 2.85. The lowest BCUT2D eigenvalue weighted by Gasteiger charge is -2.28. The standard InChI is InChI=1S/C15H27NS/c1-5-8-13(9-6-2)15(16-7-3)14-10-11-17-12(14)4/h10-11,13,15-16H,5-9H2,1-4H3. The molecule has 1 unspecified atom stereocenters. The molecule has 1 heterocycles. The molecule has 1 nitrogen and oxygen atoms in total. The summed E-state index contributed by atoms with van der Waals surface area (Å²) in [5.41, 5.74) is 1.53. The van der Waals surface area contributed by atoms with Gasteiger partial charge in [0.1, 0.15) is 0 Å². The maximum absolute atomic E-state index is 3.70. The Morgan fingerprint density at radius 2 is 1.82 bits per heavy atom. The molecule has 0 aliphatic heterocycles. The Morgan fingerprint density at radius 3 is 2.24 bits per heavy atom. The monoisotopic (exact) mass is 253 g/mol. The molecule has 1 rings (SSSR count). The van der Waals surface area contributed by atoms with Crippen LogP contribution in [0.1, 0.15) is 62.9 Å². The predicted octanol–water partition coefficient (Wildman–Crippen LogP) is 4.92. The van der Waals surface area contributed by atoms with Crippen molar-refractivity contribution < 1.29 is 0 Å². The van der Waals surface area contributed by atoms with Crippen LogP contribution in [0.4, 0.5) is 0 Å². The van der Waals surface area contributed by atoms with Gasteiger partial charge in [0.25, 0.3) is 0 Å². The summed E-state index contributed by atoms with van der Waals surface area (Å²) in [5.74, 6) is 0.790. The first kappa shape index (κ1) is 14.7. The van der Waals surface area contributed by atoms with Crippen molar-refractivity contribution in [3.05, 3.63) is 21.9 Å². The van der Waals surface area contributed by atoms with Crippen LogP contribution >= 0.6 is 11.3 Å². The highest BCUT2D eigenvalue weighted by Crippen LogP contribution is 2.33. The third-order valence-electron chi connectivity index (χ3n) is 3.45. The number of nitrogens with one attached hydrogen (secondary N) is 1. The van der Waals surface area contributed by atoms with Crippen molar-refractivity contribution in [1.29, 1.82) is 0 Å². The molecule has 0 spiro atoms. The van der Waals surface area contributed by atoms with Gasteiger partial charge in [0.2, 0.25) is 0 Å². The average molecular weight is 253 g/mol. The molecule has 2 heteroatoms. The van der Waals surface area contributed by atoms with Crippen molar-refractivity contribution in [3.63, 3.8) is 0 Å². The Kier molecular flexibility index (Phi) is 6.83. The summed E-state index contributed by atoms with van der Waals surface area (Å²) in [6.07, 6.45) is 5.24. The third-order valence-corrected chi connectivity index (χ3v) is 4.31. The van der Waals surface area contributed by atoms with Gasteiger partial charge in [0, 0.05) is 10.9 Å². The SMILES string of the molecule is CCCC(CCC)C(NCC)c1ccsc1C. The fourth-order valence-corrected chi connectivity index (χ4v) is 3.44. The van der Waals surface area contributed by atoms with Crippen LogP contribution in [0.5, 0.6) is 0 Å². The predicted molar refractivity (Wildman–Crippen MR) is 78.8 cm³/mol. The molecular formula is C15H27NS. The Morgan fingerprint density at radius 1 is 1.18 bits per heavy atom. The molecular weight excluding hydrogens is 226 g/mol. The summed E-state index contributed by atoms with van der Waals surface area (Å²) < 4.78 is 0. The Bertz CT molecular complexity index is 300. The number of aryl methyl sites for hydroxylation is 1. The highest BCUT2D eigenvalue weighted by Gasteiger charge is 2.22. The molecule has 0 aliphatic rings. The molecule has 98 valence electrons. The number of thiophene rings is 1. The van der Waals surface area contributed by atoms with Gasteiger partial charge in [-0.05, 0) is 49.2 Å². The molecule has 0 saturated carbocycles. The van der Waals surface area contributed by atoms with E-state index in [0.717, 1.165) is 12.5 Å². The quantitative estimate of drug-likeness (QED) is 0.693. The highest BCUT2D eigenvalue weighted by molar-refractivity contribution is 7.10. The van der Waals surface area contributed by atoms with E-state index in [2.05, 4.69) is 44.5 Å². The fraction of sp³-hybridized carbons (Fsp3) is 0.733. The van der Waals surface area contributed by atoms with Gasteiger partial charge in [-0.2, -0.15) is 0 Å². The lowest BCUT2D eigenvalue weighted by molar-refractivity contribution is 0.320. The van der Waals surface area contributed by atoms with Crippen molar-refractivity contribution in [2.24, 2.45) is 5.92 Å². The highest BCUT2D eigenvalue weighted by atomic mass is 32.1. The summed E-state index contributed by atoms with van der Waals surface area (Å²) in [7, 11) is 0. The summed E-state index contributed by atoms with van der Waals surface area (Å²) in [4.78, 5) is 1.48. The molecule has 0 amide bonds. The number of hydrogen-bond acceptors (Lipinski definition) is 2. The van der Waals surface area contributed by atoms with Gasteiger partial charge in [-0.1, -0.05) is 33.6 Å². The summed E-state index contributed by atoms with van der Waals surface area (Å²) in [6, 6.07) is 2.87. The maximum Gasteiger partial charge on any atom is 0.0359 e.